The molecule has 0 aromatic heterocycles. The Labute approximate surface area is 125 Å². The Kier molecular flexibility index (Phi) is 4.27. The van der Waals surface area contributed by atoms with Crippen LogP contribution in [0.1, 0.15) is 60.8 Å². The molecule has 2 rings (SSSR count). The lowest BCUT2D eigenvalue weighted by Gasteiger charge is -2.58. The normalized spacial score (nSPS) is 36.8. The highest BCUT2D eigenvalue weighted by Gasteiger charge is 2.50. The van der Waals surface area contributed by atoms with E-state index in [1.165, 1.54) is 19.3 Å². The Balaban J connectivity index is 2.28. The first-order valence-corrected chi connectivity index (χ1v) is 8.18. The van der Waals surface area contributed by atoms with Crippen molar-refractivity contribution >= 4 is 0 Å². The summed E-state index contributed by atoms with van der Waals surface area (Å²) in [7, 11) is 0. The van der Waals surface area contributed by atoms with E-state index in [-0.39, 0.29) is 5.54 Å². The van der Waals surface area contributed by atoms with Gasteiger partial charge in [0.05, 0.1) is 12.2 Å². The molecule has 0 radical (unpaired) electrons. The highest BCUT2D eigenvalue weighted by molar-refractivity contribution is 5.05. The maximum atomic E-state index is 6.32. The van der Waals surface area contributed by atoms with E-state index in [2.05, 4.69) is 46.4 Å². The molecule has 1 heterocycles. The van der Waals surface area contributed by atoms with Gasteiger partial charge in [0.2, 0.25) is 0 Å². The molecular weight excluding hydrogens is 248 g/mol. The van der Waals surface area contributed by atoms with Gasteiger partial charge in [-0.25, -0.2) is 0 Å². The zero-order valence-electron chi connectivity index (χ0n) is 14.3. The Bertz CT molecular complexity index is 325. The second kappa shape index (κ2) is 5.26. The minimum Gasteiger partial charge on any atom is -0.373 e. The van der Waals surface area contributed by atoms with Crippen molar-refractivity contribution in [1.82, 2.24) is 4.90 Å². The van der Waals surface area contributed by atoms with Gasteiger partial charge in [-0.1, -0.05) is 27.7 Å². The van der Waals surface area contributed by atoms with E-state index in [1.54, 1.807) is 0 Å². The number of ether oxygens (including phenoxy) is 1. The maximum Gasteiger partial charge on any atom is 0.0678 e. The van der Waals surface area contributed by atoms with Crippen LogP contribution in [0.4, 0.5) is 0 Å². The average molecular weight is 282 g/mol. The number of nitrogens with two attached hydrogens (primary N) is 1. The molecule has 0 spiro atoms. The molecule has 1 saturated heterocycles. The molecular formula is C17H34N2O. The van der Waals surface area contributed by atoms with Gasteiger partial charge in [-0.2, -0.15) is 0 Å². The van der Waals surface area contributed by atoms with E-state index >= 15 is 0 Å². The zero-order valence-corrected chi connectivity index (χ0v) is 14.3. The molecule has 20 heavy (non-hydrogen) atoms. The molecule has 0 amide bonds. The number of nitrogens with zero attached hydrogens (tertiary/aromatic N) is 1. The zero-order chi connectivity index (χ0) is 15.2. The molecule has 3 nitrogen and oxygen atoms in total. The van der Waals surface area contributed by atoms with E-state index in [4.69, 9.17) is 10.5 Å². The third-order valence-corrected chi connectivity index (χ3v) is 5.04. The second-order valence-corrected chi connectivity index (χ2v) is 8.95. The average Bonchev–Trinajstić information content (AvgIpc) is 2.23. The van der Waals surface area contributed by atoms with Crippen LogP contribution in [0, 0.1) is 10.8 Å². The fraction of sp³-hybridized carbons (Fsp3) is 1.00. The van der Waals surface area contributed by atoms with Crippen molar-refractivity contribution in [2.45, 2.75) is 78.6 Å². The van der Waals surface area contributed by atoms with Crippen molar-refractivity contribution in [1.29, 1.82) is 0 Å². The van der Waals surface area contributed by atoms with Gasteiger partial charge in [-0.3, -0.25) is 4.90 Å². The molecule has 1 aliphatic carbocycles. The van der Waals surface area contributed by atoms with Crippen LogP contribution in [0.3, 0.4) is 0 Å². The summed E-state index contributed by atoms with van der Waals surface area (Å²) in [5.74, 6) is 0. The lowest BCUT2D eigenvalue weighted by molar-refractivity contribution is -0.130. The summed E-state index contributed by atoms with van der Waals surface area (Å²) >= 11 is 0. The molecule has 2 N–H and O–H groups in total. The van der Waals surface area contributed by atoms with Crippen molar-refractivity contribution < 1.29 is 4.74 Å². The lowest BCUT2D eigenvalue weighted by atomic mass is 9.57. The van der Waals surface area contributed by atoms with Crippen LogP contribution in [-0.4, -0.2) is 42.3 Å². The first kappa shape index (κ1) is 16.3. The van der Waals surface area contributed by atoms with Crippen molar-refractivity contribution in [2.24, 2.45) is 16.6 Å². The molecule has 118 valence electrons. The Morgan fingerprint density at radius 2 is 1.40 bits per heavy atom. The van der Waals surface area contributed by atoms with Crippen molar-refractivity contribution in [3.05, 3.63) is 0 Å². The van der Waals surface area contributed by atoms with Gasteiger partial charge >= 0.3 is 0 Å². The predicted molar refractivity (Wildman–Crippen MR) is 84.8 cm³/mol. The highest BCUT2D eigenvalue weighted by atomic mass is 16.5. The molecule has 2 fully saturated rings. The van der Waals surface area contributed by atoms with Crippen molar-refractivity contribution in [3.63, 3.8) is 0 Å². The van der Waals surface area contributed by atoms with Gasteiger partial charge in [0, 0.05) is 25.2 Å². The largest absolute Gasteiger partial charge is 0.373 e. The first-order valence-electron chi connectivity index (χ1n) is 8.18. The number of morpholine rings is 1. The number of hydrogen-bond acceptors (Lipinski definition) is 3. The minimum atomic E-state index is 0.150. The summed E-state index contributed by atoms with van der Waals surface area (Å²) in [6.45, 7) is 16.8. The fourth-order valence-corrected chi connectivity index (χ4v) is 5.33. The molecule has 2 atom stereocenters. The van der Waals surface area contributed by atoms with E-state index in [9.17, 15) is 0 Å². The molecule has 1 aliphatic heterocycles. The summed E-state index contributed by atoms with van der Waals surface area (Å²) in [4.78, 5) is 2.65. The SMILES string of the molecule is C[C@@H]1CN(C2(CN)CC(C)(C)CC(C)(C)C2)C[C@H](C)O1. The third-order valence-electron chi connectivity index (χ3n) is 5.04. The van der Waals surface area contributed by atoms with E-state index in [0.717, 1.165) is 19.6 Å². The van der Waals surface area contributed by atoms with Gasteiger partial charge in [0.15, 0.2) is 0 Å². The molecule has 0 aromatic carbocycles. The van der Waals surface area contributed by atoms with Crippen LogP contribution in [-0.2, 0) is 4.74 Å². The van der Waals surface area contributed by atoms with Crippen LogP contribution >= 0.6 is 0 Å². The van der Waals surface area contributed by atoms with E-state index in [0.29, 0.717) is 23.0 Å². The number of rotatable bonds is 2. The minimum absolute atomic E-state index is 0.150. The summed E-state index contributed by atoms with van der Waals surface area (Å²) in [6.07, 6.45) is 4.33. The molecule has 1 saturated carbocycles. The van der Waals surface area contributed by atoms with Crippen molar-refractivity contribution in [2.75, 3.05) is 19.6 Å². The Morgan fingerprint density at radius 3 is 1.80 bits per heavy atom. The summed E-state index contributed by atoms with van der Waals surface area (Å²) in [5, 5.41) is 0. The summed E-state index contributed by atoms with van der Waals surface area (Å²) < 4.78 is 5.92. The molecule has 0 unspecified atom stereocenters. The van der Waals surface area contributed by atoms with Crippen LogP contribution < -0.4 is 5.73 Å². The van der Waals surface area contributed by atoms with Gasteiger partial charge in [-0.15, -0.1) is 0 Å². The fourth-order valence-electron chi connectivity index (χ4n) is 5.33. The van der Waals surface area contributed by atoms with E-state index in [1.807, 2.05) is 0 Å². The van der Waals surface area contributed by atoms with Crippen LogP contribution in [0.25, 0.3) is 0 Å². The summed E-state index contributed by atoms with van der Waals surface area (Å²) in [5.41, 5.74) is 7.20. The van der Waals surface area contributed by atoms with Crippen LogP contribution in [0.5, 0.6) is 0 Å². The molecule has 0 aromatic rings. The molecule has 0 bridgehead atoms. The van der Waals surface area contributed by atoms with Gasteiger partial charge in [0.1, 0.15) is 0 Å². The number of hydrogen-bond donors (Lipinski definition) is 1. The highest BCUT2D eigenvalue weighted by Crippen LogP contribution is 2.52. The first-order chi connectivity index (χ1) is 9.07. The predicted octanol–water partition coefficient (Wildman–Crippen LogP) is 3.03. The smallest absolute Gasteiger partial charge is 0.0678 e. The van der Waals surface area contributed by atoms with Gasteiger partial charge in [0.25, 0.3) is 0 Å². The topological polar surface area (TPSA) is 38.5 Å². The van der Waals surface area contributed by atoms with E-state index < -0.39 is 0 Å². The summed E-state index contributed by atoms with van der Waals surface area (Å²) in [6, 6.07) is 0. The van der Waals surface area contributed by atoms with Crippen LogP contribution in [0.15, 0.2) is 0 Å². The molecule has 3 heteroatoms. The standard InChI is InChI=1S/C17H34N2O/c1-13-7-19(8-14(2)20-13)17(12-18)10-15(3,4)9-16(5,6)11-17/h13-14H,7-12,18H2,1-6H3/t13-,14+. The quantitative estimate of drug-likeness (QED) is 0.846. The monoisotopic (exact) mass is 282 g/mol. The molecule has 2 aliphatic rings. The van der Waals surface area contributed by atoms with Crippen molar-refractivity contribution in [3.8, 4) is 0 Å². The lowest BCUT2D eigenvalue weighted by Crippen LogP contribution is -2.65. The van der Waals surface area contributed by atoms with Crippen LogP contribution in [0.2, 0.25) is 0 Å². The van der Waals surface area contributed by atoms with Gasteiger partial charge < -0.3 is 10.5 Å². The Morgan fingerprint density at radius 1 is 0.950 bits per heavy atom. The maximum absolute atomic E-state index is 6.32. The second-order valence-electron chi connectivity index (χ2n) is 8.95. The Hall–Kier alpha value is -0.120. The van der Waals surface area contributed by atoms with Gasteiger partial charge in [-0.05, 0) is 43.9 Å². The third kappa shape index (κ3) is 3.37.